The molecule has 0 aromatic heterocycles. The van der Waals surface area contributed by atoms with Crippen LogP contribution in [0.5, 0.6) is 0 Å². The van der Waals surface area contributed by atoms with E-state index in [1.807, 2.05) is 78.9 Å². The van der Waals surface area contributed by atoms with E-state index in [1.54, 1.807) is 0 Å². The summed E-state index contributed by atoms with van der Waals surface area (Å²) in [4.78, 5) is 0. The summed E-state index contributed by atoms with van der Waals surface area (Å²) < 4.78 is 0. The first-order valence-electron chi connectivity index (χ1n) is 17.5. The molecule has 0 saturated heterocycles. The van der Waals surface area contributed by atoms with Crippen molar-refractivity contribution in [3.63, 3.8) is 0 Å². The van der Waals surface area contributed by atoms with E-state index in [0.717, 1.165) is 27.3 Å². The molecule has 0 aliphatic rings. The average Bonchev–Trinajstić information content (AvgIpc) is 3.24. The van der Waals surface area contributed by atoms with E-state index in [9.17, 15) is 0 Å². The van der Waals surface area contributed by atoms with Gasteiger partial charge in [0.15, 0.2) is 0 Å². The van der Waals surface area contributed by atoms with Gasteiger partial charge in [0.05, 0.1) is 37.1 Å². The minimum absolute atomic E-state index is 0. The predicted octanol–water partition coefficient (Wildman–Crippen LogP) is 10.3. The zero-order valence-corrected chi connectivity index (χ0v) is 34.6. The molecule has 0 fully saturated rings. The van der Waals surface area contributed by atoms with E-state index in [1.165, 1.54) is 38.9 Å². The topological polar surface area (TPSA) is 0 Å². The van der Waals surface area contributed by atoms with Gasteiger partial charge in [-0.05, 0) is 64.7 Å². The second kappa shape index (κ2) is 22.8. The van der Waals surface area contributed by atoms with Crippen molar-refractivity contribution in [3.8, 4) is 11.8 Å². The van der Waals surface area contributed by atoms with Crippen molar-refractivity contribution >= 4 is 58.6 Å². The van der Waals surface area contributed by atoms with Crippen LogP contribution in [0.25, 0.3) is 21.5 Å². The van der Waals surface area contributed by atoms with Gasteiger partial charge in [-0.15, -0.1) is 29.3 Å². The Hall–Kier alpha value is -4.26. The van der Waals surface area contributed by atoms with Gasteiger partial charge in [-0.25, -0.2) is 0 Å². The monoisotopic (exact) mass is 916 g/mol. The van der Waals surface area contributed by atoms with E-state index < -0.39 is 15.8 Å². The second-order valence-electron chi connectivity index (χ2n) is 12.3. The van der Waals surface area contributed by atoms with Gasteiger partial charge < -0.3 is 12.8 Å². The van der Waals surface area contributed by atoms with Gasteiger partial charge in [0, 0.05) is 0 Å². The van der Waals surface area contributed by atoms with Crippen molar-refractivity contribution < 1.29 is 44.8 Å². The summed E-state index contributed by atoms with van der Waals surface area (Å²) in [6.45, 7) is 0. The summed E-state index contributed by atoms with van der Waals surface area (Å²) in [5.74, 6) is 4.79. The maximum atomic E-state index is 7.08. The van der Waals surface area contributed by atoms with Crippen molar-refractivity contribution in [2.75, 3.05) is 12.3 Å². The maximum absolute atomic E-state index is 7.08. The fourth-order valence-corrected chi connectivity index (χ4v) is 12.5. The normalized spacial score (nSPS) is 10.0. The number of hydrogen-bond acceptors (Lipinski definition) is 0. The van der Waals surface area contributed by atoms with Crippen LogP contribution in [-0.4, -0.2) is 12.3 Å². The van der Waals surface area contributed by atoms with Crippen LogP contribution >= 0.6 is 15.8 Å². The van der Waals surface area contributed by atoms with Crippen LogP contribution in [0.3, 0.4) is 0 Å². The summed E-state index contributed by atoms with van der Waals surface area (Å²) in [5.41, 5.74) is 1.68. The van der Waals surface area contributed by atoms with Gasteiger partial charge in [-0.2, -0.15) is 0 Å². The number of fused-ring (bicyclic) bond motifs is 2. The minimum atomic E-state index is -0.783. The molecule has 8 rings (SSSR count). The Morgan fingerprint density at radius 2 is 0.741 bits per heavy atom. The van der Waals surface area contributed by atoms with Gasteiger partial charge in [0.25, 0.3) is 0 Å². The zero-order valence-electron chi connectivity index (χ0n) is 29.6. The van der Waals surface area contributed by atoms with E-state index in [0.29, 0.717) is 0 Å². The molecule has 0 spiro atoms. The standard InChI is InChI=1S/C26H24P2.2C12H7.2Ag/c1-5-13-23(14-6-1)27(24-15-7-2-8-16-24)21-22-28(25-17-9-3-10-18-25)26-19-11-4-12-20-26;1-2-10-7-5-8-11-6-3-4-9-12(10)11;1-2-10-7-8-11-5-3-4-6-12(11)9-10;;/h1-20H,21-22H2;2*3-9H;;/q;2*-1;2*+1/p+2. The molecule has 0 heterocycles. The molecule has 0 radical (unpaired) electrons. The Kier molecular flexibility index (Phi) is 18.0. The zero-order chi connectivity index (χ0) is 35.8. The van der Waals surface area contributed by atoms with Crippen LogP contribution in [0.1, 0.15) is 11.1 Å². The van der Waals surface area contributed by atoms with E-state index in [4.69, 9.17) is 12.8 Å². The third-order valence-electron chi connectivity index (χ3n) is 8.93. The third kappa shape index (κ3) is 11.9. The summed E-state index contributed by atoms with van der Waals surface area (Å²) in [5, 5.41) is 10.7. The molecule has 8 aromatic rings. The van der Waals surface area contributed by atoms with Crippen LogP contribution in [0.2, 0.25) is 0 Å². The third-order valence-corrected chi connectivity index (χ3v) is 15.1. The first-order chi connectivity index (χ1) is 25.7. The minimum Gasteiger partial charge on any atom is -0.366 e. The molecule has 0 nitrogen and oxygen atoms in total. The van der Waals surface area contributed by atoms with Crippen LogP contribution in [-0.2, 0) is 44.8 Å². The van der Waals surface area contributed by atoms with Crippen molar-refractivity contribution in [1.82, 2.24) is 0 Å². The Morgan fingerprint density at radius 1 is 0.352 bits per heavy atom. The SMILES string of the molecule is [Ag+].[Ag+].[C-]#Cc1ccc2ccccc2c1.[C-]#Cc1cccc2ccccc12.c1ccc([PH+](CC[PH+](c2ccccc2)c2ccccc2)c2ccccc2)cc1. The molecule has 54 heavy (non-hydrogen) atoms. The van der Waals surface area contributed by atoms with Gasteiger partial charge in [-0.1, -0.05) is 145 Å². The van der Waals surface area contributed by atoms with Crippen molar-refractivity contribution in [3.05, 3.63) is 230 Å². The molecular weight excluding hydrogens is 878 g/mol. The first kappa shape index (κ1) is 42.5. The summed E-state index contributed by atoms with van der Waals surface area (Å²) in [6.07, 6.45) is 16.6. The smallest absolute Gasteiger partial charge is 0.366 e. The van der Waals surface area contributed by atoms with Crippen LogP contribution in [0.4, 0.5) is 0 Å². The Morgan fingerprint density at radius 3 is 1.19 bits per heavy atom. The van der Waals surface area contributed by atoms with Gasteiger partial charge in [0.2, 0.25) is 0 Å². The van der Waals surface area contributed by atoms with Gasteiger partial charge >= 0.3 is 44.8 Å². The molecule has 0 N–H and O–H groups in total. The molecule has 0 aliphatic heterocycles. The Labute approximate surface area is 355 Å². The molecule has 270 valence electrons. The van der Waals surface area contributed by atoms with E-state index in [-0.39, 0.29) is 44.8 Å². The average molecular weight is 919 g/mol. The van der Waals surface area contributed by atoms with E-state index in [2.05, 4.69) is 139 Å². The first-order valence-corrected chi connectivity index (χ1v) is 20.9. The van der Waals surface area contributed by atoms with Gasteiger partial charge in [0.1, 0.15) is 12.3 Å². The number of benzene rings is 8. The summed E-state index contributed by atoms with van der Waals surface area (Å²) >= 11 is 0. The molecule has 0 bridgehead atoms. The molecule has 0 saturated carbocycles. The predicted molar refractivity (Wildman–Crippen MR) is 231 cm³/mol. The Bertz CT molecular complexity index is 2210. The largest absolute Gasteiger partial charge is 1.00 e. The number of hydrogen-bond donors (Lipinski definition) is 0. The Balaban J connectivity index is 0.000000206. The van der Waals surface area contributed by atoms with Crippen molar-refractivity contribution in [1.29, 1.82) is 0 Å². The van der Waals surface area contributed by atoms with Crippen molar-refractivity contribution in [2.24, 2.45) is 0 Å². The quantitative estimate of drug-likeness (QED) is 0.0647. The van der Waals surface area contributed by atoms with Crippen LogP contribution in [0, 0.1) is 24.7 Å². The molecule has 0 unspecified atom stereocenters. The molecule has 0 aliphatic carbocycles. The molecule has 8 aromatic carbocycles. The molecule has 4 heteroatoms. The molecule has 0 atom stereocenters. The summed E-state index contributed by atoms with van der Waals surface area (Å²) in [6, 6.07) is 72.4. The van der Waals surface area contributed by atoms with Crippen molar-refractivity contribution in [2.45, 2.75) is 0 Å². The fraction of sp³-hybridized carbons (Fsp3) is 0.0400. The summed E-state index contributed by atoms with van der Waals surface area (Å²) in [7, 11) is -1.57. The van der Waals surface area contributed by atoms with Gasteiger partial charge in [-0.3, -0.25) is 11.8 Å². The van der Waals surface area contributed by atoms with Crippen LogP contribution < -0.4 is 21.2 Å². The van der Waals surface area contributed by atoms with Crippen LogP contribution in [0.15, 0.2) is 206 Å². The number of rotatable bonds is 7. The maximum Gasteiger partial charge on any atom is 1.00 e. The fourth-order valence-electron chi connectivity index (χ4n) is 6.32. The molecule has 0 amide bonds. The molecular formula is C50H40Ag2P2+2. The van der Waals surface area contributed by atoms with E-state index >= 15 is 0 Å². The second-order valence-corrected chi connectivity index (χ2v) is 17.5.